The van der Waals surface area contributed by atoms with Gasteiger partial charge >= 0.3 is 0 Å². The average molecular weight is 481 g/mol. The van der Waals surface area contributed by atoms with Gasteiger partial charge in [0.2, 0.25) is 5.91 Å². The minimum atomic E-state index is -0.213. The average Bonchev–Trinajstić information content (AvgIpc) is 2.79. The number of nitrogens with zero attached hydrogens (tertiary/aromatic N) is 1. The summed E-state index contributed by atoms with van der Waals surface area (Å²) in [7, 11) is 0. The van der Waals surface area contributed by atoms with Crippen LogP contribution in [0, 0.1) is 0 Å². The molecule has 0 saturated heterocycles. The number of halogens is 1. The molecule has 7 heteroatoms. The highest BCUT2D eigenvalue weighted by Crippen LogP contribution is 2.31. The van der Waals surface area contributed by atoms with Gasteiger partial charge in [-0.25, -0.2) is 5.43 Å². The van der Waals surface area contributed by atoms with Crippen molar-refractivity contribution in [3.05, 3.63) is 87.9 Å². The lowest BCUT2D eigenvalue weighted by Crippen LogP contribution is -2.20. The molecule has 0 fully saturated rings. The first-order valence-corrected chi connectivity index (χ1v) is 10.6. The number of carbonyl (C=O) groups is 1. The van der Waals surface area contributed by atoms with E-state index in [9.17, 15) is 4.79 Å². The largest absolute Gasteiger partial charge is 0.488 e. The number of hydrogen-bond donors (Lipinski definition) is 1. The molecule has 0 aliphatic carbocycles. The number of carbonyl (C=O) groups excluding carboxylic acids is 1. The predicted octanol–water partition coefficient (Wildman–Crippen LogP) is 4.49. The summed E-state index contributed by atoms with van der Waals surface area (Å²) < 4.78 is 17.7. The molecule has 158 valence electrons. The number of amides is 1. The highest BCUT2D eigenvalue weighted by molar-refractivity contribution is 9.10. The lowest BCUT2D eigenvalue weighted by Gasteiger charge is -2.18. The van der Waals surface area contributed by atoms with E-state index in [-0.39, 0.29) is 12.3 Å². The second kappa shape index (κ2) is 10.1. The van der Waals surface area contributed by atoms with Crippen LogP contribution in [-0.4, -0.2) is 25.3 Å². The van der Waals surface area contributed by atoms with Gasteiger partial charge in [0, 0.05) is 0 Å². The molecule has 4 rings (SSSR count). The zero-order valence-electron chi connectivity index (χ0n) is 16.7. The zero-order chi connectivity index (χ0) is 21.5. The van der Waals surface area contributed by atoms with Crippen LogP contribution in [0.15, 0.2) is 76.3 Å². The fourth-order valence-corrected chi connectivity index (χ4v) is 3.56. The molecule has 1 aliphatic heterocycles. The number of nitrogens with one attached hydrogen (secondary N) is 1. The Bertz CT molecular complexity index is 1090. The van der Waals surface area contributed by atoms with E-state index in [1.165, 1.54) is 0 Å². The van der Waals surface area contributed by atoms with Crippen molar-refractivity contribution in [3.8, 4) is 17.2 Å². The fourth-order valence-electron chi connectivity index (χ4n) is 3.05. The summed E-state index contributed by atoms with van der Waals surface area (Å²) in [6.07, 6.45) is 1.79. The molecule has 0 aromatic heterocycles. The van der Waals surface area contributed by atoms with Crippen LogP contribution in [0.25, 0.3) is 0 Å². The Balaban J connectivity index is 1.29. The quantitative estimate of drug-likeness (QED) is 0.399. The van der Waals surface area contributed by atoms with Crippen LogP contribution in [0.5, 0.6) is 17.2 Å². The smallest absolute Gasteiger partial charge is 0.244 e. The maximum atomic E-state index is 12.2. The molecular formula is C24H21BrN2O4. The maximum absolute atomic E-state index is 12.2. The Hall–Kier alpha value is -3.32. The molecule has 1 N–H and O–H groups in total. The molecule has 0 atom stereocenters. The van der Waals surface area contributed by atoms with Crippen molar-refractivity contribution in [2.75, 3.05) is 13.2 Å². The van der Waals surface area contributed by atoms with E-state index < -0.39 is 0 Å². The summed E-state index contributed by atoms with van der Waals surface area (Å²) in [4.78, 5) is 12.2. The molecule has 6 nitrogen and oxygen atoms in total. The van der Waals surface area contributed by atoms with Crippen molar-refractivity contribution in [2.45, 2.75) is 13.0 Å². The van der Waals surface area contributed by atoms with Crippen LogP contribution < -0.4 is 19.6 Å². The number of hydrazone groups is 1. The SMILES string of the molecule is O=C(Cc1ccc2c(c1)OCCO2)N/N=C/c1ccc(OCc2ccccc2)c(Br)c1. The van der Waals surface area contributed by atoms with Gasteiger partial charge in [-0.2, -0.15) is 5.10 Å². The van der Waals surface area contributed by atoms with E-state index in [1.807, 2.05) is 66.7 Å². The van der Waals surface area contributed by atoms with E-state index in [1.54, 1.807) is 6.21 Å². The maximum Gasteiger partial charge on any atom is 0.244 e. The van der Waals surface area contributed by atoms with E-state index in [2.05, 4.69) is 26.5 Å². The number of hydrogen-bond acceptors (Lipinski definition) is 5. The Morgan fingerprint density at radius 1 is 1.00 bits per heavy atom. The van der Waals surface area contributed by atoms with Crippen LogP contribution in [0.2, 0.25) is 0 Å². The summed E-state index contributed by atoms with van der Waals surface area (Å²) in [5.41, 5.74) is 5.32. The van der Waals surface area contributed by atoms with Crippen LogP contribution >= 0.6 is 15.9 Å². The van der Waals surface area contributed by atoms with Crippen molar-refractivity contribution in [2.24, 2.45) is 5.10 Å². The Morgan fingerprint density at radius 2 is 1.81 bits per heavy atom. The van der Waals surface area contributed by atoms with Crippen molar-refractivity contribution in [3.63, 3.8) is 0 Å². The molecular weight excluding hydrogens is 460 g/mol. The molecule has 31 heavy (non-hydrogen) atoms. The molecule has 1 heterocycles. The van der Waals surface area contributed by atoms with Gasteiger partial charge in [0.25, 0.3) is 0 Å². The molecule has 0 unspecified atom stereocenters. The van der Waals surface area contributed by atoms with E-state index >= 15 is 0 Å². The minimum Gasteiger partial charge on any atom is -0.488 e. The Morgan fingerprint density at radius 3 is 2.61 bits per heavy atom. The lowest BCUT2D eigenvalue weighted by molar-refractivity contribution is -0.120. The number of ether oxygens (including phenoxy) is 3. The van der Waals surface area contributed by atoms with Gasteiger partial charge < -0.3 is 14.2 Å². The molecule has 3 aromatic carbocycles. The van der Waals surface area contributed by atoms with Crippen LogP contribution in [-0.2, 0) is 17.8 Å². The predicted molar refractivity (Wildman–Crippen MR) is 122 cm³/mol. The van der Waals surface area contributed by atoms with Crippen molar-refractivity contribution < 1.29 is 19.0 Å². The summed E-state index contributed by atoms with van der Waals surface area (Å²) in [6.45, 7) is 1.54. The number of rotatable bonds is 7. The van der Waals surface area contributed by atoms with Gasteiger partial charge in [-0.15, -0.1) is 0 Å². The standard InChI is InChI=1S/C24H21BrN2O4/c25-20-12-19(7-8-21(20)31-16-17-4-2-1-3-5-17)15-26-27-24(28)14-18-6-9-22-23(13-18)30-11-10-29-22/h1-9,12-13,15H,10-11,14,16H2,(H,27,28)/b26-15+. The van der Waals surface area contributed by atoms with Crippen LogP contribution in [0.1, 0.15) is 16.7 Å². The van der Waals surface area contributed by atoms with Gasteiger partial charge in [0.1, 0.15) is 25.6 Å². The number of benzene rings is 3. The van der Waals surface area contributed by atoms with Gasteiger partial charge in [0.05, 0.1) is 17.1 Å². The minimum absolute atomic E-state index is 0.198. The molecule has 0 saturated carbocycles. The Labute approximate surface area is 189 Å². The van der Waals surface area contributed by atoms with Gasteiger partial charge in [-0.3, -0.25) is 4.79 Å². The topological polar surface area (TPSA) is 69.2 Å². The molecule has 1 aliphatic rings. The first kappa shape index (κ1) is 20.9. The molecule has 0 radical (unpaired) electrons. The van der Waals surface area contributed by atoms with Gasteiger partial charge in [0.15, 0.2) is 11.5 Å². The molecule has 1 amide bonds. The number of fused-ring (bicyclic) bond motifs is 1. The lowest BCUT2D eigenvalue weighted by atomic mass is 10.1. The van der Waals surface area contributed by atoms with Crippen molar-refractivity contribution in [1.29, 1.82) is 0 Å². The zero-order valence-corrected chi connectivity index (χ0v) is 18.3. The van der Waals surface area contributed by atoms with Crippen LogP contribution in [0.3, 0.4) is 0 Å². The monoisotopic (exact) mass is 480 g/mol. The van der Waals surface area contributed by atoms with Crippen molar-refractivity contribution in [1.82, 2.24) is 5.43 Å². The first-order valence-electron chi connectivity index (χ1n) is 9.84. The summed E-state index contributed by atoms with van der Waals surface area (Å²) in [5.74, 6) is 1.90. The fraction of sp³-hybridized carbons (Fsp3) is 0.167. The highest BCUT2D eigenvalue weighted by atomic mass is 79.9. The van der Waals surface area contributed by atoms with E-state index in [0.29, 0.717) is 31.3 Å². The van der Waals surface area contributed by atoms with Crippen LogP contribution in [0.4, 0.5) is 0 Å². The Kier molecular flexibility index (Phi) is 6.84. The normalized spacial score (nSPS) is 12.5. The summed E-state index contributed by atoms with van der Waals surface area (Å²) >= 11 is 3.52. The van der Waals surface area contributed by atoms with Crippen molar-refractivity contribution >= 4 is 28.1 Å². The van der Waals surface area contributed by atoms with Gasteiger partial charge in [-0.1, -0.05) is 36.4 Å². The molecule has 0 bridgehead atoms. The summed E-state index contributed by atoms with van der Waals surface area (Å²) in [6, 6.07) is 21.1. The third-order valence-electron chi connectivity index (χ3n) is 4.57. The second-order valence-electron chi connectivity index (χ2n) is 6.91. The highest BCUT2D eigenvalue weighted by Gasteiger charge is 2.13. The molecule has 3 aromatic rings. The van der Waals surface area contributed by atoms with Gasteiger partial charge in [-0.05, 0) is 63.0 Å². The molecule has 0 spiro atoms. The third-order valence-corrected chi connectivity index (χ3v) is 5.19. The summed E-state index contributed by atoms with van der Waals surface area (Å²) in [5, 5.41) is 4.05. The first-order chi connectivity index (χ1) is 15.2. The second-order valence-corrected chi connectivity index (χ2v) is 7.77. The third kappa shape index (κ3) is 5.86. The van der Waals surface area contributed by atoms with E-state index in [0.717, 1.165) is 26.9 Å². The van der Waals surface area contributed by atoms with E-state index in [4.69, 9.17) is 14.2 Å².